The molecule has 0 spiro atoms. The second-order valence-electron chi connectivity index (χ2n) is 8.51. The van der Waals surface area contributed by atoms with Gasteiger partial charge in [0.2, 0.25) is 5.78 Å². The molecule has 3 aromatic rings. The summed E-state index contributed by atoms with van der Waals surface area (Å²) in [4.78, 5) is 38.8. The first kappa shape index (κ1) is 23.2. The van der Waals surface area contributed by atoms with Crippen LogP contribution in [0.1, 0.15) is 27.0 Å². The number of allylic oxidation sites excluding steroid dienone is 1. The summed E-state index contributed by atoms with van der Waals surface area (Å²) in [5.74, 6) is -0.184. The molecular weight excluding hydrogens is 462 g/mol. The predicted octanol–water partition coefficient (Wildman–Crippen LogP) is 3.73. The van der Waals surface area contributed by atoms with Crippen molar-refractivity contribution < 1.29 is 33.7 Å². The van der Waals surface area contributed by atoms with Gasteiger partial charge in [-0.15, -0.1) is 0 Å². The topological polar surface area (TPSA) is 102 Å². The highest BCUT2D eigenvalue weighted by Gasteiger charge is 2.34. The van der Waals surface area contributed by atoms with Crippen molar-refractivity contribution in [2.24, 2.45) is 0 Å². The van der Waals surface area contributed by atoms with E-state index in [0.717, 1.165) is 16.7 Å². The zero-order chi connectivity index (χ0) is 25.2. The molecule has 2 heterocycles. The van der Waals surface area contributed by atoms with Crippen molar-refractivity contribution in [1.82, 2.24) is 4.90 Å². The van der Waals surface area contributed by atoms with Crippen LogP contribution in [0, 0.1) is 0 Å². The van der Waals surface area contributed by atoms with Crippen molar-refractivity contribution in [3.05, 3.63) is 94.7 Å². The first-order valence-electron chi connectivity index (χ1n) is 11.4. The number of aliphatic carboxylic acids is 1. The van der Waals surface area contributed by atoms with Crippen molar-refractivity contribution in [1.29, 1.82) is 0 Å². The van der Waals surface area contributed by atoms with E-state index < -0.39 is 17.9 Å². The zero-order valence-electron chi connectivity index (χ0n) is 19.5. The molecule has 8 heteroatoms. The number of ketones is 1. The quantitative estimate of drug-likeness (QED) is 0.531. The van der Waals surface area contributed by atoms with Crippen molar-refractivity contribution in [2.45, 2.75) is 19.0 Å². The molecule has 1 atom stereocenters. The molecule has 8 nitrogen and oxygen atoms in total. The van der Waals surface area contributed by atoms with Gasteiger partial charge < -0.3 is 24.2 Å². The molecular formula is C28H23NO7. The van der Waals surface area contributed by atoms with Gasteiger partial charge in [0.05, 0.1) is 12.7 Å². The van der Waals surface area contributed by atoms with Gasteiger partial charge >= 0.3 is 5.97 Å². The first-order valence-corrected chi connectivity index (χ1v) is 11.4. The highest BCUT2D eigenvalue weighted by Crippen LogP contribution is 2.35. The summed E-state index contributed by atoms with van der Waals surface area (Å²) in [7, 11) is 1.58. The van der Waals surface area contributed by atoms with E-state index in [1.807, 2.05) is 36.4 Å². The van der Waals surface area contributed by atoms with Crippen molar-refractivity contribution in [2.75, 3.05) is 13.7 Å². The molecule has 1 N–H and O–H groups in total. The fourth-order valence-electron chi connectivity index (χ4n) is 4.34. The van der Waals surface area contributed by atoms with Crippen molar-refractivity contribution in [3.63, 3.8) is 0 Å². The zero-order valence-corrected chi connectivity index (χ0v) is 19.5. The Balaban J connectivity index is 1.27. The number of benzene rings is 3. The van der Waals surface area contributed by atoms with E-state index in [1.54, 1.807) is 43.5 Å². The van der Waals surface area contributed by atoms with Crippen LogP contribution >= 0.6 is 0 Å². The van der Waals surface area contributed by atoms with Gasteiger partial charge in [-0.1, -0.05) is 36.4 Å². The number of carboxylic acids is 1. The van der Waals surface area contributed by atoms with Crippen LogP contribution in [0.25, 0.3) is 6.08 Å². The number of Topliss-reactive ketones (excluding diaryl/α,β-unsaturated/α-hetero) is 1. The summed E-state index contributed by atoms with van der Waals surface area (Å²) < 4.78 is 16.6. The molecule has 0 fully saturated rings. The van der Waals surface area contributed by atoms with Crippen LogP contribution in [-0.4, -0.2) is 47.4 Å². The fraction of sp³-hybridized carbons (Fsp3) is 0.179. The van der Waals surface area contributed by atoms with Gasteiger partial charge in [0.15, 0.2) is 12.4 Å². The molecule has 2 aliphatic heterocycles. The maximum absolute atomic E-state index is 12.9. The molecule has 1 amide bonds. The maximum Gasteiger partial charge on any atom is 0.326 e. The summed E-state index contributed by atoms with van der Waals surface area (Å²) in [5.41, 5.74) is 3.02. The average Bonchev–Trinajstić information content (AvgIpc) is 3.20. The average molecular weight is 485 g/mol. The lowest BCUT2D eigenvalue weighted by Crippen LogP contribution is -2.50. The Morgan fingerprint density at radius 3 is 2.50 bits per heavy atom. The Hall–Kier alpha value is -4.59. The monoisotopic (exact) mass is 485 g/mol. The number of fused-ring (bicyclic) bond motifs is 2. The number of methoxy groups -OCH3 is 1. The number of hydrogen-bond acceptors (Lipinski definition) is 6. The van der Waals surface area contributed by atoms with E-state index >= 15 is 0 Å². The minimum atomic E-state index is -1.06. The Morgan fingerprint density at radius 1 is 1.06 bits per heavy atom. The van der Waals surface area contributed by atoms with E-state index in [9.17, 15) is 19.5 Å². The van der Waals surface area contributed by atoms with E-state index in [1.165, 1.54) is 4.90 Å². The van der Waals surface area contributed by atoms with Gasteiger partial charge in [-0.05, 0) is 47.0 Å². The van der Waals surface area contributed by atoms with E-state index in [0.29, 0.717) is 22.8 Å². The molecule has 0 radical (unpaired) electrons. The number of carboxylic acid groups (broad SMARTS) is 1. The van der Waals surface area contributed by atoms with Crippen LogP contribution in [0.15, 0.2) is 72.5 Å². The van der Waals surface area contributed by atoms with Crippen molar-refractivity contribution >= 4 is 23.7 Å². The number of ether oxygens (including phenoxy) is 3. The molecule has 0 bridgehead atoms. The predicted molar refractivity (Wildman–Crippen MR) is 130 cm³/mol. The molecule has 3 aromatic carbocycles. The highest BCUT2D eigenvalue weighted by molar-refractivity contribution is 6.14. The molecule has 0 aromatic heterocycles. The molecule has 0 saturated carbocycles. The summed E-state index contributed by atoms with van der Waals surface area (Å²) in [6.45, 7) is -0.135. The van der Waals surface area contributed by atoms with Gasteiger partial charge in [-0.3, -0.25) is 9.59 Å². The van der Waals surface area contributed by atoms with Gasteiger partial charge in [0.1, 0.15) is 23.3 Å². The lowest BCUT2D eigenvalue weighted by Gasteiger charge is -2.34. The second kappa shape index (κ2) is 9.58. The molecule has 36 heavy (non-hydrogen) atoms. The Labute approximate surface area is 207 Å². The summed E-state index contributed by atoms with van der Waals surface area (Å²) in [6.07, 6.45) is 1.89. The first-order chi connectivity index (χ1) is 17.4. The van der Waals surface area contributed by atoms with E-state index in [-0.39, 0.29) is 31.1 Å². The fourth-order valence-corrected chi connectivity index (χ4v) is 4.34. The number of carbonyl (C=O) groups is 3. The molecule has 0 aliphatic carbocycles. The third-order valence-electron chi connectivity index (χ3n) is 6.27. The number of nitrogens with zero attached hydrogens (tertiary/aromatic N) is 1. The molecule has 5 rings (SSSR count). The van der Waals surface area contributed by atoms with Gasteiger partial charge in [-0.25, -0.2) is 4.79 Å². The standard InChI is InChI=1S/C28H23NO7/c1-34-20-8-6-17(7-9-20)12-25-27(31)22-11-10-21(14-24(22)36-25)35-16-26(30)29-15-19-5-3-2-4-18(19)13-23(29)28(32)33/h2-12,14,23H,13,15-16H2,1H3,(H,32,33). The Bertz CT molecular complexity index is 1380. The molecule has 182 valence electrons. The second-order valence-corrected chi connectivity index (χ2v) is 8.51. The van der Waals surface area contributed by atoms with Crippen LogP contribution in [0.5, 0.6) is 17.2 Å². The lowest BCUT2D eigenvalue weighted by molar-refractivity contribution is -0.152. The van der Waals surface area contributed by atoms with E-state index in [4.69, 9.17) is 14.2 Å². The third-order valence-corrected chi connectivity index (χ3v) is 6.27. The summed E-state index contributed by atoms with van der Waals surface area (Å²) >= 11 is 0. The number of rotatable bonds is 6. The molecule has 1 unspecified atom stereocenters. The number of amides is 1. The van der Waals surface area contributed by atoms with Crippen LogP contribution in [0.2, 0.25) is 0 Å². The van der Waals surface area contributed by atoms with Crippen molar-refractivity contribution in [3.8, 4) is 17.2 Å². The van der Waals surface area contributed by atoms with Crippen LogP contribution in [0.3, 0.4) is 0 Å². The largest absolute Gasteiger partial charge is 0.497 e. The Kier molecular flexibility index (Phi) is 6.16. The minimum absolute atomic E-state index is 0.180. The highest BCUT2D eigenvalue weighted by atomic mass is 16.5. The Morgan fingerprint density at radius 2 is 1.78 bits per heavy atom. The third kappa shape index (κ3) is 4.53. The lowest BCUT2D eigenvalue weighted by atomic mass is 9.94. The van der Waals surface area contributed by atoms with Crippen LogP contribution < -0.4 is 14.2 Å². The van der Waals surface area contributed by atoms with Gasteiger partial charge in [0, 0.05) is 19.0 Å². The molecule has 2 aliphatic rings. The number of hydrogen-bond donors (Lipinski definition) is 1. The van der Waals surface area contributed by atoms with Gasteiger partial charge in [0.25, 0.3) is 5.91 Å². The smallest absolute Gasteiger partial charge is 0.326 e. The minimum Gasteiger partial charge on any atom is -0.497 e. The van der Waals surface area contributed by atoms with Gasteiger partial charge in [-0.2, -0.15) is 0 Å². The summed E-state index contributed by atoms with van der Waals surface area (Å²) in [5, 5.41) is 9.66. The van der Waals surface area contributed by atoms with Crippen LogP contribution in [-0.2, 0) is 22.6 Å². The SMILES string of the molecule is COc1ccc(C=C2Oc3cc(OCC(=O)N4Cc5ccccc5CC4C(=O)O)ccc3C2=O)cc1. The summed E-state index contributed by atoms with van der Waals surface area (Å²) in [6, 6.07) is 18.5. The normalized spacial score (nSPS) is 17.2. The van der Waals surface area contributed by atoms with Crippen LogP contribution in [0.4, 0.5) is 0 Å². The number of carbonyl (C=O) groups excluding carboxylic acids is 2. The maximum atomic E-state index is 12.9. The van der Waals surface area contributed by atoms with E-state index in [2.05, 4.69) is 0 Å². The molecule has 0 saturated heterocycles.